The highest BCUT2D eigenvalue weighted by Gasteiger charge is 2.36. The lowest BCUT2D eigenvalue weighted by Crippen LogP contribution is -2.47. The van der Waals surface area contributed by atoms with Crippen molar-refractivity contribution in [2.24, 2.45) is 0 Å². The van der Waals surface area contributed by atoms with E-state index in [1.165, 1.54) is 12.1 Å². The van der Waals surface area contributed by atoms with Gasteiger partial charge >= 0.3 is 0 Å². The van der Waals surface area contributed by atoms with Crippen molar-refractivity contribution < 1.29 is 9.13 Å². The highest BCUT2D eigenvalue weighted by atomic mass is 19.1. The van der Waals surface area contributed by atoms with E-state index in [9.17, 15) is 4.39 Å². The van der Waals surface area contributed by atoms with Gasteiger partial charge in [0, 0.05) is 24.3 Å². The molecule has 1 fully saturated rings. The van der Waals surface area contributed by atoms with Gasteiger partial charge in [0.05, 0.1) is 17.7 Å². The Hall–Kier alpha value is -1.44. The van der Waals surface area contributed by atoms with Crippen LogP contribution in [0.15, 0.2) is 18.2 Å². The molecule has 2 rings (SSSR count). The number of benzene rings is 1. The van der Waals surface area contributed by atoms with Crippen molar-refractivity contribution in [1.29, 1.82) is 5.26 Å². The molecule has 0 saturated carbocycles. The minimum Gasteiger partial charge on any atom is -0.377 e. The van der Waals surface area contributed by atoms with Crippen LogP contribution in [0.2, 0.25) is 0 Å². The van der Waals surface area contributed by atoms with Gasteiger partial charge < -0.3 is 10.1 Å². The van der Waals surface area contributed by atoms with Crippen molar-refractivity contribution in [3.63, 3.8) is 0 Å². The maximum atomic E-state index is 13.6. The summed E-state index contributed by atoms with van der Waals surface area (Å²) in [5.74, 6) is -0.281. The van der Waals surface area contributed by atoms with Crippen LogP contribution in [-0.4, -0.2) is 18.2 Å². The number of nitrogens with zero attached hydrogens (tertiary/aromatic N) is 1. The monoisotopic (exact) mass is 248 g/mol. The third-order valence-electron chi connectivity index (χ3n) is 3.74. The van der Waals surface area contributed by atoms with Crippen LogP contribution in [0.25, 0.3) is 0 Å². The maximum Gasteiger partial charge on any atom is 0.127 e. The SMILES string of the molecule is CC1OCCC1(C)NCc1cc(C#N)ccc1F. The molecule has 4 heteroatoms. The van der Waals surface area contributed by atoms with Crippen LogP contribution in [0.5, 0.6) is 0 Å². The molecule has 3 nitrogen and oxygen atoms in total. The zero-order valence-electron chi connectivity index (χ0n) is 10.7. The fourth-order valence-corrected chi connectivity index (χ4v) is 2.14. The summed E-state index contributed by atoms with van der Waals surface area (Å²) >= 11 is 0. The minimum absolute atomic E-state index is 0.111. The molecular weight excluding hydrogens is 231 g/mol. The molecule has 1 aliphatic heterocycles. The zero-order chi connectivity index (χ0) is 13.2. The Morgan fingerprint density at radius 1 is 1.61 bits per heavy atom. The van der Waals surface area contributed by atoms with Gasteiger partial charge in [-0.1, -0.05) is 0 Å². The maximum absolute atomic E-state index is 13.6. The summed E-state index contributed by atoms with van der Waals surface area (Å²) in [5.41, 5.74) is 0.873. The molecule has 0 spiro atoms. The third kappa shape index (κ3) is 2.53. The Morgan fingerprint density at radius 2 is 2.39 bits per heavy atom. The molecular formula is C14H17FN2O. The summed E-state index contributed by atoms with van der Waals surface area (Å²) in [7, 11) is 0. The lowest BCUT2D eigenvalue weighted by molar-refractivity contribution is 0.0880. The quantitative estimate of drug-likeness (QED) is 0.893. The Balaban J connectivity index is 2.08. The second-order valence-corrected chi connectivity index (χ2v) is 4.95. The molecule has 0 aromatic heterocycles. The van der Waals surface area contributed by atoms with Gasteiger partial charge in [0.1, 0.15) is 5.82 Å². The average Bonchev–Trinajstić information content (AvgIpc) is 2.69. The van der Waals surface area contributed by atoms with Crippen molar-refractivity contribution in [2.75, 3.05) is 6.61 Å². The standard InChI is InChI=1S/C14H17FN2O/c1-10-14(2,5-6-18-10)17-9-12-7-11(8-16)3-4-13(12)15/h3-4,7,10,17H,5-6,9H2,1-2H3. The molecule has 0 amide bonds. The smallest absolute Gasteiger partial charge is 0.127 e. The van der Waals surface area contributed by atoms with Crippen LogP contribution in [0.4, 0.5) is 4.39 Å². The number of ether oxygens (including phenoxy) is 1. The molecule has 0 aliphatic carbocycles. The van der Waals surface area contributed by atoms with Crippen LogP contribution in [0.1, 0.15) is 31.4 Å². The van der Waals surface area contributed by atoms with Crippen LogP contribution in [0.3, 0.4) is 0 Å². The van der Waals surface area contributed by atoms with E-state index in [0.29, 0.717) is 17.7 Å². The number of halogens is 1. The first-order chi connectivity index (χ1) is 8.55. The van der Waals surface area contributed by atoms with Crippen LogP contribution in [-0.2, 0) is 11.3 Å². The molecule has 1 N–H and O–H groups in total. The molecule has 0 radical (unpaired) electrons. The van der Waals surface area contributed by atoms with Crippen LogP contribution in [0, 0.1) is 17.1 Å². The van der Waals surface area contributed by atoms with Gasteiger partial charge in [-0.3, -0.25) is 0 Å². The number of hydrogen-bond donors (Lipinski definition) is 1. The molecule has 1 aliphatic rings. The second-order valence-electron chi connectivity index (χ2n) is 4.95. The van der Waals surface area contributed by atoms with E-state index in [0.717, 1.165) is 13.0 Å². The molecule has 2 atom stereocenters. The number of rotatable bonds is 3. The number of nitriles is 1. The van der Waals surface area contributed by atoms with E-state index in [-0.39, 0.29) is 17.5 Å². The van der Waals surface area contributed by atoms with Crippen molar-refractivity contribution in [3.05, 3.63) is 35.1 Å². The number of hydrogen-bond acceptors (Lipinski definition) is 3. The summed E-state index contributed by atoms with van der Waals surface area (Å²) in [4.78, 5) is 0. The van der Waals surface area contributed by atoms with Crippen LogP contribution < -0.4 is 5.32 Å². The van der Waals surface area contributed by atoms with Gasteiger partial charge in [0.2, 0.25) is 0 Å². The van der Waals surface area contributed by atoms with Crippen molar-refractivity contribution in [1.82, 2.24) is 5.32 Å². The Bertz CT molecular complexity index is 483. The van der Waals surface area contributed by atoms with Crippen molar-refractivity contribution in [2.45, 2.75) is 38.5 Å². The van der Waals surface area contributed by atoms with E-state index in [1.54, 1.807) is 6.07 Å². The highest BCUT2D eigenvalue weighted by molar-refractivity contribution is 5.33. The van der Waals surface area contributed by atoms with E-state index in [2.05, 4.69) is 12.2 Å². The molecule has 0 bridgehead atoms. The van der Waals surface area contributed by atoms with Crippen LogP contribution >= 0.6 is 0 Å². The predicted molar refractivity (Wildman–Crippen MR) is 66.4 cm³/mol. The third-order valence-corrected chi connectivity index (χ3v) is 3.74. The minimum atomic E-state index is -0.281. The highest BCUT2D eigenvalue weighted by Crippen LogP contribution is 2.25. The molecule has 18 heavy (non-hydrogen) atoms. The Morgan fingerprint density at radius 3 is 3.00 bits per heavy atom. The predicted octanol–water partition coefficient (Wildman–Crippen LogP) is 2.35. The van der Waals surface area contributed by atoms with Gasteiger partial charge in [-0.25, -0.2) is 4.39 Å². The summed E-state index contributed by atoms with van der Waals surface area (Å²) in [6.07, 6.45) is 1.02. The summed E-state index contributed by atoms with van der Waals surface area (Å²) < 4.78 is 19.1. The molecule has 1 saturated heterocycles. The Kier molecular flexibility index (Phi) is 3.65. The lowest BCUT2D eigenvalue weighted by Gasteiger charge is -2.29. The van der Waals surface area contributed by atoms with Gasteiger partial charge in [-0.2, -0.15) is 5.26 Å². The van der Waals surface area contributed by atoms with Crippen molar-refractivity contribution in [3.8, 4) is 6.07 Å². The summed E-state index contributed by atoms with van der Waals surface area (Å²) in [6, 6.07) is 6.44. The second kappa shape index (κ2) is 5.05. The molecule has 96 valence electrons. The zero-order valence-corrected chi connectivity index (χ0v) is 10.7. The Labute approximate surface area is 107 Å². The molecule has 1 heterocycles. The first-order valence-electron chi connectivity index (χ1n) is 6.10. The average molecular weight is 248 g/mol. The fourth-order valence-electron chi connectivity index (χ4n) is 2.14. The largest absolute Gasteiger partial charge is 0.377 e. The van der Waals surface area contributed by atoms with E-state index in [1.807, 2.05) is 13.0 Å². The van der Waals surface area contributed by atoms with Gasteiger partial charge in [-0.15, -0.1) is 0 Å². The van der Waals surface area contributed by atoms with Gasteiger partial charge in [0.15, 0.2) is 0 Å². The molecule has 1 aromatic carbocycles. The van der Waals surface area contributed by atoms with Gasteiger partial charge in [-0.05, 0) is 38.5 Å². The molecule has 1 aromatic rings. The first kappa shape index (κ1) is 13.0. The molecule has 2 unspecified atom stereocenters. The first-order valence-corrected chi connectivity index (χ1v) is 6.10. The van der Waals surface area contributed by atoms with Gasteiger partial charge in [0.25, 0.3) is 0 Å². The topological polar surface area (TPSA) is 45.0 Å². The van der Waals surface area contributed by atoms with Crippen molar-refractivity contribution >= 4 is 0 Å². The van der Waals surface area contributed by atoms with E-state index < -0.39 is 0 Å². The normalized spacial score (nSPS) is 27.1. The lowest BCUT2D eigenvalue weighted by atomic mass is 9.94. The number of nitrogens with one attached hydrogen (secondary N) is 1. The summed E-state index contributed by atoms with van der Waals surface area (Å²) in [6.45, 7) is 5.23. The fraction of sp³-hybridized carbons (Fsp3) is 0.500. The van der Waals surface area contributed by atoms with E-state index >= 15 is 0 Å². The van der Waals surface area contributed by atoms with E-state index in [4.69, 9.17) is 10.00 Å². The summed E-state index contributed by atoms with van der Waals surface area (Å²) in [5, 5.41) is 12.2.